The molecule has 0 amide bonds. The molecule has 2 aromatic carbocycles. The Morgan fingerprint density at radius 3 is 1.69 bits per heavy atom. The van der Waals surface area contributed by atoms with Crippen molar-refractivity contribution in [3.8, 4) is 0 Å². The van der Waals surface area contributed by atoms with Crippen LogP contribution in [0.15, 0.2) is 70.1 Å². The van der Waals surface area contributed by atoms with Crippen LogP contribution in [0.1, 0.15) is 23.6 Å². The summed E-state index contributed by atoms with van der Waals surface area (Å²) >= 11 is 4.87. The molecule has 6 heteroatoms. The van der Waals surface area contributed by atoms with Gasteiger partial charge in [0.25, 0.3) is 0 Å². The highest BCUT2D eigenvalue weighted by Gasteiger charge is 2.08. The van der Waals surface area contributed by atoms with E-state index in [1.807, 2.05) is 12.3 Å². The van der Waals surface area contributed by atoms with E-state index in [0.29, 0.717) is 0 Å². The highest BCUT2D eigenvalue weighted by Crippen LogP contribution is 2.26. The number of rotatable bonds is 8. The number of aryl methyl sites for hydroxylation is 1. The zero-order chi connectivity index (χ0) is 18.2. The lowest BCUT2D eigenvalue weighted by molar-refractivity contribution is 0.718. The Bertz CT molecular complexity index is 823. The normalized spacial score (nSPS) is 10.8. The molecule has 3 nitrogen and oxygen atoms in total. The van der Waals surface area contributed by atoms with Crippen LogP contribution in [-0.2, 0) is 17.9 Å². The maximum absolute atomic E-state index is 4.64. The van der Waals surface area contributed by atoms with Crippen LogP contribution in [0.4, 0.5) is 0 Å². The fourth-order valence-corrected chi connectivity index (χ4v) is 4.39. The van der Waals surface area contributed by atoms with Gasteiger partial charge < -0.3 is 0 Å². The number of hydrogen-bond acceptors (Lipinski definition) is 6. The van der Waals surface area contributed by atoms with Crippen molar-refractivity contribution in [1.29, 1.82) is 0 Å². The molecule has 3 rings (SSSR count). The van der Waals surface area contributed by atoms with Gasteiger partial charge in [-0.1, -0.05) is 96.8 Å². The number of aromatic nitrogens is 3. The largest absolute Gasteiger partial charge is 0.196 e. The topological polar surface area (TPSA) is 38.7 Å². The molecule has 0 unspecified atom stereocenters. The third kappa shape index (κ3) is 5.76. The van der Waals surface area contributed by atoms with Gasteiger partial charge in [-0.3, -0.25) is 0 Å². The predicted octanol–water partition coefficient (Wildman–Crippen LogP) is 5.74. The summed E-state index contributed by atoms with van der Waals surface area (Å²) in [5, 5.41) is 2.36. The van der Waals surface area contributed by atoms with Gasteiger partial charge in [-0.25, -0.2) is 0 Å². The van der Waals surface area contributed by atoms with E-state index in [0.717, 1.165) is 33.4 Å². The minimum atomic E-state index is 0.777. The average Bonchev–Trinajstić information content (AvgIpc) is 2.71. The lowest BCUT2D eigenvalue weighted by atomic mass is 10.1. The quantitative estimate of drug-likeness (QED) is 0.450. The highest BCUT2D eigenvalue weighted by molar-refractivity contribution is 7.99. The molecule has 3 aromatic rings. The van der Waals surface area contributed by atoms with E-state index in [4.69, 9.17) is 0 Å². The molecule has 0 aliphatic rings. The second kappa shape index (κ2) is 10.00. The first-order valence-electron chi connectivity index (χ1n) is 8.44. The summed E-state index contributed by atoms with van der Waals surface area (Å²) in [6.45, 7) is 2.17. The summed E-state index contributed by atoms with van der Waals surface area (Å²) in [4.78, 5) is 13.7. The SMILES string of the molecule is CCc1ccc(CSc2nc(SC)nc(SCc3ccccc3)n2)cc1. The molecule has 26 heavy (non-hydrogen) atoms. The molecule has 0 spiro atoms. The Hall–Kier alpha value is -1.50. The third-order valence-electron chi connectivity index (χ3n) is 3.77. The number of thioether (sulfide) groups is 3. The van der Waals surface area contributed by atoms with Gasteiger partial charge in [0, 0.05) is 11.5 Å². The summed E-state index contributed by atoms with van der Waals surface area (Å²) in [5.74, 6) is 1.73. The first-order valence-corrected chi connectivity index (χ1v) is 11.6. The van der Waals surface area contributed by atoms with Gasteiger partial charge in [-0.15, -0.1) is 0 Å². The number of nitrogens with zero attached hydrogens (tertiary/aromatic N) is 3. The summed E-state index contributed by atoms with van der Waals surface area (Å²) in [7, 11) is 0. The van der Waals surface area contributed by atoms with Crippen LogP contribution in [0.5, 0.6) is 0 Å². The van der Waals surface area contributed by atoms with Crippen molar-refractivity contribution in [3.63, 3.8) is 0 Å². The lowest BCUT2D eigenvalue weighted by Gasteiger charge is -2.06. The Labute approximate surface area is 167 Å². The molecule has 0 atom stereocenters. The maximum atomic E-state index is 4.64. The Morgan fingerprint density at radius 1 is 0.654 bits per heavy atom. The van der Waals surface area contributed by atoms with Crippen LogP contribution in [0.3, 0.4) is 0 Å². The molecule has 134 valence electrons. The van der Waals surface area contributed by atoms with E-state index in [-0.39, 0.29) is 0 Å². The van der Waals surface area contributed by atoms with E-state index < -0.39 is 0 Å². The van der Waals surface area contributed by atoms with E-state index in [1.54, 1.807) is 35.3 Å². The molecule has 0 fully saturated rings. The van der Waals surface area contributed by atoms with Gasteiger partial charge in [0.1, 0.15) is 0 Å². The van der Waals surface area contributed by atoms with Crippen LogP contribution in [-0.4, -0.2) is 21.2 Å². The minimum absolute atomic E-state index is 0.777. The highest BCUT2D eigenvalue weighted by atomic mass is 32.2. The van der Waals surface area contributed by atoms with E-state index >= 15 is 0 Å². The van der Waals surface area contributed by atoms with Crippen molar-refractivity contribution in [1.82, 2.24) is 15.0 Å². The van der Waals surface area contributed by atoms with Crippen molar-refractivity contribution in [2.45, 2.75) is 40.3 Å². The molecule has 1 heterocycles. The molecule has 0 N–H and O–H groups in total. The fourth-order valence-electron chi connectivity index (χ4n) is 2.28. The zero-order valence-electron chi connectivity index (χ0n) is 14.9. The molecule has 0 aliphatic heterocycles. The number of hydrogen-bond donors (Lipinski definition) is 0. The number of benzene rings is 2. The summed E-state index contributed by atoms with van der Waals surface area (Å²) < 4.78 is 0. The van der Waals surface area contributed by atoms with Crippen molar-refractivity contribution < 1.29 is 0 Å². The molecule has 0 saturated heterocycles. The van der Waals surface area contributed by atoms with Crippen molar-refractivity contribution in [2.24, 2.45) is 0 Å². The molecule has 0 saturated carbocycles. The fraction of sp³-hybridized carbons (Fsp3) is 0.250. The van der Waals surface area contributed by atoms with Crippen LogP contribution >= 0.6 is 35.3 Å². The molecular formula is C20H21N3S3. The van der Waals surface area contributed by atoms with Crippen LogP contribution in [0.2, 0.25) is 0 Å². The second-order valence-electron chi connectivity index (χ2n) is 5.62. The van der Waals surface area contributed by atoms with Crippen LogP contribution in [0.25, 0.3) is 0 Å². The van der Waals surface area contributed by atoms with Gasteiger partial charge in [-0.05, 0) is 29.4 Å². The zero-order valence-corrected chi connectivity index (χ0v) is 17.3. The lowest BCUT2D eigenvalue weighted by Crippen LogP contribution is -1.97. The van der Waals surface area contributed by atoms with Gasteiger partial charge >= 0.3 is 0 Å². The maximum Gasteiger partial charge on any atom is 0.192 e. The smallest absolute Gasteiger partial charge is 0.192 e. The van der Waals surface area contributed by atoms with E-state index in [2.05, 4.69) is 70.4 Å². The van der Waals surface area contributed by atoms with E-state index in [9.17, 15) is 0 Å². The van der Waals surface area contributed by atoms with Crippen LogP contribution in [0, 0.1) is 0 Å². The molecule has 0 radical (unpaired) electrons. The standard InChI is InChI=1S/C20H21N3S3/c1-3-15-9-11-17(12-10-15)14-26-20-22-18(24-2)21-19(23-20)25-13-16-7-5-4-6-8-16/h4-12H,3,13-14H2,1-2H3. The third-order valence-corrected chi connectivity index (χ3v) is 6.15. The summed E-state index contributed by atoms with van der Waals surface area (Å²) in [6, 6.07) is 19.2. The second-order valence-corrected chi connectivity index (χ2v) is 8.28. The van der Waals surface area contributed by atoms with Gasteiger partial charge in [0.2, 0.25) is 0 Å². The summed E-state index contributed by atoms with van der Waals surface area (Å²) in [5.41, 5.74) is 3.92. The van der Waals surface area contributed by atoms with Crippen molar-refractivity contribution in [3.05, 3.63) is 71.3 Å². The van der Waals surface area contributed by atoms with Crippen molar-refractivity contribution in [2.75, 3.05) is 6.26 Å². The average molecular weight is 400 g/mol. The first-order chi connectivity index (χ1) is 12.8. The van der Waals surface area contributed by atoms with Gasteiger partial charge in [0.15, 0.2) is 15.5 Å². The Balaban J connectivity index is 1.66. The predicted molar refractivity (Wildman–Crippen MR) is 113 cm³/mol. The van der Waals surface area contributed by atoms with Gasteiger partial charge in [0.05, 0.1) is 0 Å². The molecule has 0 aliphatic carbocycles. The van der Waals surface area contributed by atoms with Gasteiger partial charge in [-0.2, -0.15) is 15.0 Å². The Kier molecular flexibility index (Phi) is 7.41. The first kappa shape index (κ1) is 19.3. The summed E-state index contributed by atoms with van der Waals surface area (Å²) in [6.07, 6.45) is 3.07. The van der Waals surface area contributed by atoms with Crippen LogP contribution < -0.4 is 0 Å². The molecule has 0 bridgehead atoms. The molecular weight excluding hydrogens is 378 g/mol. The minimum Gasteiger partial charge on any atom is -0.196 e. The van der Waals surface area contributed by atoms with Crippen molar-refractivity contribution >= 4 is 35.3 Å². The van der Waals surface area contributed by atoms with E-state index in [1.165, 1.54) is 16.7 Å². The molecule has 1 aromatic heterocycles. The monoisotopic (exact) mass is 399 g/mol. The Morgan fingerprint density at radius 2 is 1.15 bits per heavy atom.